The number of nitrogens with two attached hydrogens (primary N) is 1. The maximum atomic E-state index is 11.5. The van der Waals surface area contributed by atoms with E-state index in [-0.39, 0.29) is 34.6 Å². The fourth-order valence-electron chi connectivity index (χ4n) is 1.87. The Morgan fingerprint density at radius 3 is 2.33 bits per heavy atom. The molecule has 1 unspecified atom stereocenters. The molecule has 0 aliphatic rings. The van der Waals surface area contributed by atoms with Crippen molar-refractivity contribution in [2.75, 3.05) is 5.73 Å². The van der Waals surface area contributed by atoms with Crippen molar-refractivity contribution >= 4 is 5.82 Å². The van der Waals surface area contributed by atoms with Crippen LogP contribution in [0.2, 0.25) is 0 Å². The molecular formula is C16H17FeN3O. The van der Waals surface area contributed by atoms with E-state index in [9.17, 15) is 4.79 Å². The van der Waals surface area contributed by atoms with Crippen molar-refractivity contribution in [3.05, 3.63) is 82.9 Å². The van der Waals surface area contributed by atoms with Gasteiger partial charge in [-0.2, -0.15) is 35.3 Å². The van der Waals surface area contributed by atoms with Crippen molar-refractivity contribution in [2.24, 2.45) is 0 Å². The maximum absolute atomic E-state index is 11.5. The van der Waals surface area contributed by atoms with E-state index < -0.39 is 0 Å². The van der Waals surface area contributed by atoms with E-state index in [1.165, 1.54) is 0 Å². The summed E-state index contributed by atoms with van der Waals surface area (Å²) in [6.07, 6.45) is 1.67. The fraction of sp³-hybridized carbons (Fsp3) is 0.125. The third kappa shape index (κ3) is 4.74. The van der Waals surface area contributed by atoms with Crippen molar-refractivity contribution < 1.29 is 17.1 Å². The Labute approximate surface area is 134 Å². The minimum Gasteiger partial charge on any atom is -0.383 e. The quantitative estimate of drug-likeness (QED) is 0.582. The average molecular weight is 323 g/mol. The molecule has 3 aromatic rings. The molecule has 0 bridgehead atoms. The first-order valence-corrected chi connectivity index (χ1v) is 6.41. The minimum atomic E-state index is -0.316. The molecule has 2 N–H and O–H groups in total. The van der Waals surface area contributed by atoms with Gasteiger partial charge in [0.25, 0.3) is 0 Å². The van der Waals surface area contributed by atoms with Gasteiger partial charge in [-0.25, -0.2) is 29.1 Å². The summed E-state index contributed by atoms with van der Waals surface area (Å²) in [6.45, 7) is 1.95. The second-order valence-electron chi connectivity index (χ2n) is 4.40. The first-order chi connectivity index (χ1) is 9.68. The Balaban J connectivity index is 0.000000313. The number of rotatable bonds is 2. The first-order valence-electron chi connectivity index (χ1n) is 6.41. The molecule has 2 aromatic carbocycles. The molecule has 0 aliphatic carbocycles. The van der Waals surface area contributed by atoms with Crippen LogP contribution in [0.3, 0.4) is 0 Å². The summed E-state index contributed by atoms with van der Waals surface area (Å²) in [4.78, 5) is 15.2. The van der Waals surface area contributed by atoms with Gasteiger partial charge >= 0.3 is 22.8 Å². The molecule has 0 saturated carbocycles. The predicted octanol–water partition coefficient (Wildman–Crippen LogP) is 2.56. The van der Waals surface area contributed by atoms with Gasteiger partial charge in [0.1, 0.15) is 5.82 Å². The average Bonchev–Trinajstić information content (AvgIpc) is 3.14. The van der Waals surface area contributed by atoms with Gasteiger partial charge < -0.3 is 10.3 Å². The molecule has 110 valence electrons. The van der Waals surface area contributed by atoms with Gasteiger partial charge in [0.15, 0.2) is 0 Å². The van der Waals surface area contributed by atoms with Gasteiger partial charge in [-0.05, 0) is 6.07 Å². The van der Waals surface area contributed by atoms with Crippen molar-refractivity contribution in [1.82, 2.24) is 9.55 Å². The second kappa shape index (κ2) is 8.25. The van der Waals surface area contributed by atoms with Crippen molar-refractivity contribution in [1.29, 1.82) is 0 Å². The van der Waals surface area contributed by atoms with Crippen molar-refractivity contribution in [2.45, 2.75) is 13.0 Å². The summed E-state index contributed by atoms with van der Waals surface area (Å²) < 4.78 is 1.56. The molecule has 0 amide bonds. The van der Waals surface area contributed by atoms with Gasteiger partial charge in [0.2, 0.25) is 0 Å². The standard InChI is InChI=1S/C11H12N3O.C5H5.Fe/c1-8(9-4-2-3-5-9)14-7-6-10(12)13-11(14)15;1-2-4-5-3-1;/h2-8H,1H3,(H2,12,13,15);1-5H;/q2*-1;+2. The van der Waals surface area contributed by atoms with E-state index in [0.717, 1.165) is 5.56 Å². The summed E-state index contributed by atoms with van der Waals surface area (Å²) in [6, 6.07) is 19.5. The predicted molar refractivity (Wildman–Crippen MR) is 80.8 cm³/mol. The topological polar surface area (TPSA) is 60.9 Å². The zero-order valence-corrected chi connectivity index (χ0v) is 12.8. The zero-order valence-electron chi connectivity index (χ0n) is 11.7. The van der Waals surface area contributed by atoms with E-state index in [4.69, 9.17) is 5.73 Å². The number of hydrogen-bond donors (Lipinski definition) is 1. The van der Waals surface area contributed by atoms with Crippen molar-refractivity contribution in [3.8, 4) is 0 Å². The van der Waals surface area contributed by atoms with Gasteiger partial charge in [-0.15, -0.1) is 5.56 Å². The number of hydrogen-bond acceptors (Lipinski definition) is 3. The molecule has 21 heavy (non-hydrogen) atoms. The van der Waals surface area contributed by atoms with Gasteiger partial charge in [-0.1, -0.05) is 6.92 Å². The van der Waals surface area contributed by atoms with E-state index in [0.29, 0.717) is 0 Å². The molecule has 3 rings (SSSR count). The van der Waals surface area contributed by atoms with Crippen LogP contribution in [0.15, 0.2) is 71.7 Å². The van der Waals surface area contributed by atoms with E-state index >= 15 is 0 Å². The summed E-state index contributed by atoms with van der Waals surface area (Å²) in [5.74, 6) is 0.256. The Morgan fingerprint density at radius 1 is 1.24 bits per heavy atom. The van der Waals surface area contributed by atoms with Crippen LogP contribution < -0.4 is 11.4 Å². The Hall–Kier alpha value is -2.10. The third-order valence-corrected chi connectivity index (χ3v) is 3.00. The van der Waals surface area contributed by atoms with Crippen LogP contribution in [0, 0.1) is 0 Å². The normalized spacial score (nSPS) is 10.9. The molecule has 0 radical (unpaired) electrons. The third-order valence-electron chi connectivity index (χ3n) is 3.00. The number of anilines is 1. The van der Waals surface area contributed by atoms with Gasteiger partial charge in [0.05, 0.1) is 0 Å². The summed E-state index contributed by atoms with van der Waals surface area (Å²) >= 11 is 0. The smallest absolute Gasteiger partial charge is 0.383 e. The largest absolute Gasteiger partial charge is 2.00 e. The van der Waals surface area contributed by atoms with Crippen LogP contribution in [-0.4, -0.2) is 9.55 Å². The Morgan fingerprint density at radius 2 is 1.86 bits per heavy atom. The van der Waals surface area contributed by atoms with E-state index in [1.54, 1.807) is 16.8 Å². The fourth-order valence-corrected chi connectivity index (χ4v) is 1.87. The minimum absolute atomic E-state index is 0. The Kier molecular flexibility index (Phi) is 6.66. The monoisotopic (exact) mass is 323 g/mol. The van der Waals surface area contributed by atoms with Crippen LogP contribution >= 0.6 is 0 Å². The number of aromatic nitrogens is 2. The number of nitrogen functional groups attached to an aromatic ring is 1. The molecule has 1 atom stereocenters. The molecule has 1 heterocycles. The SMILES string of the molecule is CC([c-]1cccc1)n1ccc(N)nc1=O.[Fe+2].c1cc[cH-]c1. The van der Waals surface area contributed by atoms with E-state index in [2.05, 4.69) is 4.98 Å². The molecule has 0 saturated heterocycles. The molecule has 0 spiro atoms. The summed E-state index contributed by atoms with van der Waals surface area (Å²) in [5.41, 5.74) is 6.19. The molecular weight excluding hydrogens is 306 g/mol. The van der Waals surface area contributed by atoms with Crippen LogP contribution in [0.5, 0.6) is 0 Å². The maximum Gasteiger partial charge on any atom is 2.00 e. The zero-order chi connectivity index (χ0) is 14.4. The summed E-state index contributed by atoms with van der Waals surface area (Å²) in [7, 11) is 0. The molecule has 0 aliphatic heterocycles. The van der Waals surface area contributed by atoms with Crippen LogP contribution in [0.4, 0.5) is 5.82 Å². The van der Waals surface area contributed by atoms with Gasteiger partial charge in [0, 0.05) is 12.2 Å². The van der Waals surface area contributed by atoms with Crippen LogP contribution in [-0.2, 0) is 17.1 Å². The van der Waals surface area contributed by atoms with E-state index in [1.807, 2.05) is 61.5 Å². The Bertz CT molecular complexity index is 655. The first kappa shape index (κ1) is 17.0. The molecule has 5 heteroatoms. The summed E-state index contributed by atoms with van der Waals surface area (Å²) in [5, 5.41) is 0. The molecule has 1 aromatic heterocycles. The number of nitrogens with zero attached hydrogens (tertiary/aromatic N) is 2. The van der Waals surface area contributed by atoms with Crippen LogP contribution in [0.25, 0.3) is 0 Å². The van der Waals surface area contributed by atoms with Crippen LogP contribution in [0.1, 0.15) is 18.5 Å². The molecule has 4 nitrogen and oxygen atoms in total. The molecule has 0 fully saturated rings. The van der Waals surface area contributed by atoms with Gasteiger partial charge in [-0.3, -0.25) is 0 Å². The second-order valence-corrected chi connectivity index (χ2v) is 4.40. The van der Waals surface area contributed by atoms with Crippen molar-refractivity contribution in [3.63, 3.8) is 0 Å².